The van der Waals surface area contributed by atoms with Gasteiger partial charge < -0.3 is 9.69 Å². The minimum absolute atomic E-state index is 0.0281. The van der Waals surface area contributed by atoms with Crippen molar-refractivity contribution in [3.05, 3.63) is 41.5 Å². The number of aldehydes is 1. The molecule has 106 valence electrons. The molecule has 0 atom stereocenters. The number of likely N-dealkylation sites (tertiary alicyclic amines) is 1. The molecular formula is C15H15F2NO2. The van der Waals surface area contributed by atoms with E-state index in [2.05, 4.69) is 0 Å². The smallest absolute Gasteiger partial charge is 0.246 e. The van der Waals surface area contributed by atoms with E-state index in [0.717, 1.165) is 24.5 Å². The SMILES string of the molecule is O=CC1CCN(C(=O)/C=C/c2cc(F)cc(F)c2)CC1. The van der Waals surface area contributed by atoms with Gasteiger partial charge in [0.05, 0.1) is 0 Å². The van der Waals surface area contributed by atoms with Crippen molar-refractivity contribution in [3.63, 3.8) is 0 Å². The lowest BCUT2D eigenvalue weighted by molar-refractivity contribution is -0.128. The second kappa shape index (κ2) is 6.41. The van der Waals surface area contributed by atoms with Crippen molar-refractivity contribution in [3.8, 4) is 0 Å². The Morgan fingerprint density at radius 3 is 2.30 bits per heavy atom. The number of halogens is 2. The lowest BCUT2D eigenvalue weighted by Gasteiger charge is -2.28. The van der Waals surface area contributed by atoms with Crippen molar-refractivity contribution >= 4 is 18.3 Å². The van der Waals surface area contributed by atoms with Gasteiger partial charge in [-0.05, 0) is 36.6 Å². The Morgan fingerprint density at radius 1 is 1.15 bits per heavy atom. The Morgan fingerprint density at radius 2 is 1.75 bits per heavy atom. The molecule has 0 unspecified atom stereocenters. The zero-order chi connectivity index (χ0) is 14.5. The third kappa shape index (κ3) is 3.73. The first kappa shape index (κ1) is 14.4. The van der Waals surface area contributed by atoms with Crippen LogP contribution in [-0.4, -0.2) is 30.2 Å². The molecule has 0 aromatic heterocycles. The van der Waals surface area contributed by atoms with Crippen molar-refractivity contribution in [2.75, 3.05) is 13.1 Å². The molecule has 0 radical (unpaired) electrons. The molecule has 1 heterocycles. The largest absolute Gasteiger partial charge is 0.339 e. The number of carbonyl (C=O) groups excluding carboxylic acids is 2. The molecule has 1 amide bonds. The molecular weight excluding hydrogens is 264 g/mol. The van der Waals surface area contributed by atoms with Gasteiger partial charge >= 0.3 is 0 Å². The van der Waals surface area contributed by atoms with E-state index in [4.69, 9.17) is 0 Å². The highest BCUT2D eigenvalue weighted by Crippen LogP contribution is 2.16. The van der Waals surface area contributed by atoms with E-state index in [1.807, 2.05) is 0 Å². The van der Waals surface area contributed by atoms with Gasteiger partial charge in [0.2, 0.25) is 5.91 Å². The van der Waals surface area contributed by atoms with E-state index >= 15 is 0 Å². The van der Waals surface area contributed by atoms with Crippen LogP contribution >= 0.6 is 0 Å². The third-order valence-electron chi connectivity index (χ3n) is 3.35. The fourth-order valence-electron chi connectivity index (χ4n) is 2.20. The molecule has 0 aliphatic carbocycles. The zero-order valence-electron chi connectivity index (χ0n) is 10.9. The number of benzene rings is 1. The number of piperidine rings is 1. The third-order valence-corrected chi connectivity index (χ3v) is 3.35. The van der Waals surface area contributed by atoms with Crippen molar-refractivity contribution in [2.24, 2.45) is 5.92 Å². The van der Waals surface area contributed by atoms with Gasteiger partial charge in [-0.2, -0.15) is 0 Å². The Labute approximate surface area is 115 Å². The lowest BCUT2D eigenvalue weighted by atomic mass is 9.98. The van der Waals surface area contributed by atoms with Gasteiger partial charge in [0, 0.05) is 31.1 Å². The minimum Gasteiger partial charge on any atom is -0.339 e. The molecule has 1 aliphatic heterocycles. The average Bonchev–Trinajstić information content (AvgIpc) is 2.44. The summed E-state index contributed by atoms with van der Waals surface area (Å²) >= 11 is 0. The number of carbonyl (C=O) groups is 2. The van der Waals surface area contributed by atoms with Crippen LogP contribution in [0.5, 0.6) is 0 Å². The summed E-state index contributed by atoms with van der Waals surface area (Å²) in [5.74, 6) is -1.54. The fraction of sp³-hybridized carbons (Fsp3) is 0.333. The molecule has 3 nitrogen and oxygen atoms in total. The van der Waals surface area contributed by atoms with E-state index in [1.165, 1.54) is 12.2 Å². The van der Waals surface area contributed by atoms with Gasteiger partial charge in [-0.25, -0.2) is 8.78 Å². The maximum atomic E-state index is 13.0. The van der Waals surface area contributed by atoms with Gasteiger partial charge in [-0.1, -0.05) is 0 Å². The van der Waals surface area contributed by atoms with Crippen LogP contribution in [0.3, 0.4) is 0 Å². The summed E-state index contributed by atoms with van der Waals surface area (Å²) in [6.07, 6.45) is 4.94. The highest BCUT2D eigenvalue weighted by atomic mass is 19.1. The highest BCUT2D eigenvalue weighted by Gasteiger charge is 2.20. The second-order valence-corrected chi connectivity index (χ2v) is 4.83. The summed E-state index contributed by atoms with van der Waals surface area (Å²) < 4.78 is 26.0. The topological polar surface area (TPSA) is 37.4 Å². The molecule has 0 bridgehead atoms. The van der Waals surface area contributed by atoms with Crippen molar-refractivity contribution in [2.45, 2.75) is 12.8 Å². The average molecular weight is 279 g/mol. The number of nitrogens with zero attached hydrogens (tertiary/aromatic N) is 1. The van der Waals surface area contributed by atoms with Crippen LogP contribution in [0.1, 0.15) is 18.4 Å². The van der Waals surface area contributed by atoms with Crippen LogP contribution in [0.25, 0.3) is 6.08 Å². The Kier molecular flexibility index (Phi) is 4.61. The van der Waals surface area contributed by atoms with Crippen LogP contribution in [-0.2, 0) is 9.59 Å². The molecule has 1 fully saturated rings. The standard InChI is InChI=1S/C15H15F2NO2/c16-13-7-12(8-14(17)9-13)1-2-15(20)18-5-3-11(10-19)4-6-18/h1-2,7-11H,3-6H2/b2-1+. The predicted octanol–water partition coefficient (Wildman–Crippen LogP) is 2.42. The molecule has 2 rings (SSSR count). The summed E-state index contributed by atoms with van der Waals surface area (Å²) in [5.41, 5.74) is 0.304. The van der Waals surface area contributed by atoms with Crippen LogP contribution in [0.15, 0.2) is 24.3 Å². The van der Waals surface area contributed by atoms with E-state index < -0.39 is 11.6 Å². The van der Waals surface area contributed by atoms with Crippen molar-refractivity contribution in [1.82, 2.24) is 4.90 Å². The zero-order valence-corrected chi connectivity index (χ0v) is 10.9. The monoisotopic (exact) mass is 279 g/mol. The Bertz CT molecular complexity index is 514. The number of hydrogen-bond donors (Lipinski definition) is 0. The summed E-state index contributed by atoms with van der Waals surface area (Å²) in [4.78, 5) is 24.2. The van der Waals surface area contributed by atoms with Crippen LogP contribution in [0.2, 0.25) is 0 Å². The van der Waals surface area contributed by atoms with Crippen molar-refractivity contribution < 1.29 is 18.4 Å². The molecule has 0 saturated carbocycles. The first-order valence-corrected chi connectivity index (χ1v) is 6.47. The first-order chi connectivity index (χ1) is 9.58. The summed E-state index contributed by atoms with van der Waals surface area (Å²) in [6, 6.07) is 3.10. The molecule has 1 saturated heterocycles. The van der Waals surface area contributed by atoms with E-state index in [-0.39, 0.29) is 11.8 Å². The molecule has 5 heteroatoms. The number of rotatable bonds is 3. The maximum Gasteiger partial charge on any atom is 0.246 e. The number of amides is 1. The van der Waals surface area contributed by atoms with E-state index in [9.17, 15) is 18.4 Å². The highest BCUT2D eigenvalue weighted by molar-refractivity contribution is 5.91. The lowest BCUT2D eigenvalue weighted by Crippen LogP contribution is -2.37. The fourth-order valence-corrected chi connectivity index (χ4v) is 2.20. The molecule has 20 heavy (non-hydrogen) atoms. The van der Waals surface area contributed by atoms with E-state index in [1.54, 1.807) is 4.90 Å². The maximum absolute atomic E-state index is 13.0. The molecule has 1 aromatic rings. The van der Waals surface area contributed by atoms with Crippen LogP contribution < -0.4 is 0 Å². The van der Waals surface area contributed by atoms with Crippen molar-refractivity contribution in [1.29, 1.82) is 0 Å². The van der Waals surface area contributed by atoms with Gasteiger partial charge in [0.15, 0.2) is 0 Å². The molecule has 0 N–H and O–H groups in total. The van der Waals surface area contributed by atoms with Gasteiger partial charge in [0.1, 0.15) is 17.9 Å². The second-order valence-electron chi connectivity index (χ2n) is 4.83. The Balaban J connectivity index is 1.97. The summed E-state index contributed by atoms with van der Waals surface area (Å²) in [7, 11) is 0. The van der Waals surface area contributed by atoms with Crippen LogP contribution in [0.4, 0.5) is 8.78 Å². The van der Waals surface area contributed by atoms with E-state index in [0.29, 0.717) is 31.5 Å². The number of hydrogen-bond acceptors (Lipinski definition) is 2. The first-order valence-electron chi connectivity index (χ1n) is 6.47. The summed E-state index contributed by atoms with van der Waals surface area (Å²) in [6.45, 7) is 1.06. The Hall–Kier alpha value is -2.04. The molecule has 0 spiro atoms. The van der Waals surface area contributed by atoms with Gasteiger partial charge in [-0.3, -0.25) is 4.79 Å². The minimum atomic E-state index is -0.677. The predicted molar refractivity (Wildman–Crippen MR) is 70.8 cm³/mol. The normalized spacial score (nSPS) is 16.6. The van der Waals surface area contributed by atoms with Crippen LogP contribution in [0, 0.1) is 17.6 Å². The molecule has 1 aliphatic rings. The quantitative estimate of drug-likeness (QED) is 0.629. The van der Waals surface area contributed by atoms with Gasteiger partial charge in [-0.15, -0.1) is 0 Å². The van der Waals surface area contributed by atoms with Gasteiger partial charge in [0.25, 0.3) is 0 Å². The summed E-state index contributed by atoms with van der Waals surface area (Å²) in [5, 5.41) is 0. The molecule has 1 aromatic carbocycles.